The molecule has 21 heavy (non-hydrogen) atoms. The highest BCUT2D eigenvalue weighted by Crippen LogP contribution is 2.21. The van der Waals surface area contributed by atoms with Gasteiger partial charge in [0.15, 0.2) is 0 Å². The second kappa shape index (κ2) is 6.79. The number of benzene rings is 2. The van der Waals surface area contributed by atoms with E-state index in [0.717, 1.165) is 24.2 Å². The lowest BCUT2D eigenvalue weighted by Gasteiger charge is -2.08. The van der Waals surface area contributed by atoms with Crippen LogP contribution in [0.3, 0.4) is 0 Å². The maximum absolute atomic E-state index is 11.0. The molecule has 2 aromatic carbocycles. The van der Waals surface area contributed by atoms with Crippen molar-refractivity contribution in [2.45, 2.75) is 12.8 Å². The van der Waals surface area contributed by atoms with Gasteiger partial charge in [-0.05, 0) is 48.2 Å². The molecule has 0 aromatic heterocycles. The fourth-order valence-electron chi connectivity index (χ4n) is 2.15. The Balaban J connectivity index is 2.07. The van der Waals surface area contributed by atoms with Gasteiger partial charge in [-0.3, -0.25) is 0 Å². The van der Waals surface area contributed by atoms with E-state index in [1.54, 1.807) is 19.2 Å². The largest absolute Gasteiger partial charge is 0.497 e. The Bertz CT molecular complexity index is 617. The summed E-state index contributed by atoms with van der Waals surface area (Å²) in [5, 5.41) is 9.05. The molecule has 0 saturated heterocycles. The molecule has 0 bridgehead atoms. The quantitative estimate of drug-likeness (QED) is 0.886. The summed E-state index contributed by atoms with van der Waals surface area (Å²) < 4.78 is 10.3. The lowest BCUT2D eigenvalue weighted by atomic mass is 10.0. The summed E-state index contributed by atoms with van der Waals surface area (Å²) in [6.07, 6.45) is 1.70. The van der Waals surface area contributed by atoms with Crippen LogP contribution in [0.1, 0.15) is 21.5 Å². The second-order valence-corrected chi connectivity index (χ2v) is 4.69. The molecule has 1 N–H and O–H groups in total. The summed E-state index contributed by atoms with van der Waals surface area (Å²) in [5.41, 5.74) is 2.44. The van der Waals surface area contributed by atoms with Crippen molar-refractivity contribution in [1.29, 1.82) is 0 Å². The van der Waals surface area contributed by atoms with Gasteiger partial charge in [0.05, 0.1) is 14.2 Å². The smallest absolute Gasteiger partial charge is 0.339 e. The fourth-order valence-corrected chi connectivity index (χ4v) is 2.15. The Hall–Kier alpha value is -2.49. The number of ether oxygens (including phenoxy) is 2. The van der Waals surface area contributed by atoms with Gasteiger partial charge in [-0.2, -0.15) is 0 Å². The van der Waals surface area contributed by atoms with Crippen molar-refractivity contribution in [3.8, 4) is 11.5 Å². The molecule has 0 spiro atoms. The van der Waals surface area contributed by atoms with E-state index in [-0.39, 0.29) is 5.56 Å². The van der Waals surface area contributed by atoms with Crippen LogP contribution in [-0.2, 0) is 12.8 Å². The van der Waals surface area contributed by atoms with E-state index < -0.39 is 5.97 Å². The van der Waals surface area contributed by atoms with Crippen LogP contribution in [0, 0.1) is 0 Å². The van der Waals surface area contributed by atoms with Crippen LogP contribution >= 0.6 is 0 Å². The van der Waals surface area contributed by atoms with Crippen molar-refractivity contribution in [2.75, 3.05) is 14.2 Å². The molecule has 0 saturated carbocycles. The standard InChI is InChI=1S/C17H18O4/c1-20-14-8-5-12(6-9-14)3-4-13-7-10-15(17(18)19)16(11-13)21-2/h5-11H,3-4H2,1-2H3,(H,18,19). The van der Waals surface area contributed by atoms with Crippen LogP contribution in [0.2, 0.25) is 0 Å². The third kappa shape index (κ3) is 3.75. The first-order chi connectivity index (χ1) is 10.1. The summed E-state index contributed by atoms with van der Waals surface area (Å²) in [4.78, 5) is 11.0. The molecule has 0 amide bonds. The molecule has 2 rings (SSSR count). The molecule has 2 aromatic rings. The van der Waals surface area contributed by atoms with Gasteiger partial charge in [0.2, 0.25) is 0 Å². The molecule has 0 radical (unpaired) electrons. The van der Waals surface area contributed by atoms with Gasteiger partial charge in [0.25, 0.3) is 0 Å². The van der Waals surface area contributed by atoms with Crippen molar-refractivity contribution in [1.82, 2.24) is 0 Å². The molecular formula is C17H18O4. The van der Waals surface area contributed by atoms with Crippen LogP contribution in [0.4, 0.5) is 0 Å². The molecule has 0 unspecified atom stereocenters. The zero-order valence-electron chi connectivity index (χ0n) is 12.1. The van der Waals surface area contributed by atoms with Crippen molar-refractivity contribution in [2.24, 2.45) is 0 Å². The number of hydrogen-bond acceptors (Lipinski definition) is 3. The van der Waals surface area contributed by atoms with Crippen molar-refractivity contribution >= 4 is 5.97 Å². The highest BCUT2D eigenvalue weighted by Gasteiger charge is 2.11. The van der Waals surface area contributed by atoms with Gasteiger partial charge >= 0.3 is 5.97 Å². The first-order valence-corrected chi connectivity index (χ1v) is 6.67. The Labute approximate surface area is 123 Å². The number of aromatic carboxylic acids is 1. The third-order valence-electron chi connectivity index (χ3n) is 3.36. The maximum atomic E-state index is 11.0. The number of carboxylic acid groups (broad SMARTS) is 1. The summed E-state index contributed by atoms with van der Waals surface area (Å²) in [6.45, 7) is 0. The molecule has 4 heteroatoms. The number of carboxylic acids is 1. The summed E-state index contributed by atoms with van der Waals surface area (Å²) in [6, 6.07) is 13.1. The first-order valence-electron chi connectivity index (χ1n) is 6.67. The molecule has 0 fully saturated rings. The summed E-state index contributed by atoms with van der Waals surface area (Å²) >= 11 is 0. The number of rotatable bonds is 6. The zero-order chi connectivity index (χ0) is 15.2. The van der Waals surface area contributed by atoms with E-state index in [1.165, 1.54) is 12.7 Å². The van der Waals surface area contributed by atoms with Crippen LogP contribution < -0.4 is 9.47 Å². The monoisotopic (exact) mass is 286 g/mol. The SMILES string of the molecule is COc1ccc(CCc2ccc(C(=O)O)c(OC)c2)cc1. The van der Waals surface area contributed by atoms with Gasteiger partial charge in [-0.1, -0.05) is 18.2 Å². The molecule has 4 nitrogen and oxygen atoms in total. The van der Waals surface area contributed by atoms with Crippen molar-refractivity contribution in [3.05, 3.63) is 59.2 Å². The van der Waals surface area contributed by atoms with Crippen LogP contribution in [0.15, 0.2) is 42.5 Å². The van der Waals surface area contributed by atoms with Gasteiger partial charge in [-0.25, -0.2) is 4.79 Å². The van der Waals surface area contributed by atoms with Crippen molar-refractivity contribution in [3.63, 3.8) is 0 Å². The average molecular weight is 286 g/mol. The Morgan fingerprint density at radius 2 is 1.57 bits per heavy atom. The van der Waals surface area contributed by atoms with Crippen LogP contribution in [0.5, 0.6) is 11.5 Å². The molecular weight excluding hydrogens is 268 g/mol. The first kappa shape index (κ1) is 14.9. The lowest BCUT2D eigenvalue weighted by molar-refractivity contribution is 0.0693. The molecule has 0 aliphatic rings. The van der Waals surface area contributed by atoms with Gasteiger partial charge in [-0.15, -0.1) is 0 Å². The molecule has 0 aliphatic heterocycles. The highest BCUT2D eigenvalue weighted by atomic mass is 16.5. The number of carbonyl (C=O) groups is 1. The molecule has 110 valence electrons. The minimum atomic E-state index is -0.978. The topological polar surface area (TPSA) is 55.8 Å². The maximum Gasteiger partial charge on any atom is 0.339 e. The Morgan fingerprint density at radius 3 is 2.14 bits per heavy atom. The molecule has 0 heterocycles. The van der Waals surface area contributed by atoms with E-state index in [9.17, 15) is 4.79 Å². The van der Waals surface area contributed by atoms with E-state index in [0.29, 0.717) is 5.75 Å². The fraction of sp³-hybridized carbons (Fsp3) is 0.235. The van der Waals surface area contributed by atoms with E-state index in [4.69, 9.17) is 14.6 Å². The van der Waals surface area contributed by atoms with Crippen LogP contribution in [0.25, 0.3) is 0 Å². The van der Waals surface area contributed by atoms with E-state index in [1.807, 2.05) is 30.3 Å². The molecule has 0 aliphatic carbocycles. The van der Waals surface area contributed by atoms with Gasteiger partial charge < -0.3 is 14.6 Å². The van der Waals surface area contributed by atoms with Crippen LogP contribution in [-0.4, -0.2) is 25.3 Å². The van der Waals surface area contributed by atoms with Gasteiger partial charge in [0.1, 0.15) is 17.1 Å². The zero-order valence-corrected chi connectivity index (χ0v) is 12.1. The van der Waals surface area contributed by atoms with E-state index >= 15 is 0 Å². The van der Waals surface area contributed by atoms with Gasteiger partial charge in [0, 0.05) is 0 Å². The predicted molar refractivity (Wildman–Crippen MR) is 80.4 cm³/mol. The summed E-state index contributed by atoms with van der Waals surface area (Å²) in [7, 11) is 3.13. The minimum absolute atomic E-state index is 0.186. The van der Waals surface area contributed by atoms with E-state index in [2.05, 4.69) is 0 Å². The number of hydrogen-bond donors (Lipinski definition) is 1. The second-order valence-electron chi connectivity index (χ2n) is 4.69. The Kier molecular flexibility index (Phi) is 4.82. The average Bonchev–Trinajstić information content (AvgIpc) is 2.52. The third-order valence-corrected chi connectivity index (χ3v) is 3.36. The summed E-state index contributed by atoms with van der Waals surface area (Å²) in [5.74, 6) is 0.259. The highest BCUT2D eigenvalue weighted by molar-refractivity contribution is 5.90. The van der Waals surface area contributed by atoms with Crippen molar-refractivity contribution < 1.29 is 19.4 Å². The number of aryl methyl sites for hydroxylation is 2. The minimum Gasteiger partial charge on any atom is -0.497 e. The predicted octanol–water partition coefficient (Wildman–Crippen LogP) is 3.19. The Morgan fingerprint density at radius 1 is 0.952 bits per heavy atom. The lowest BCUT2D eigenvalue weighted by Crippen LogP contribution is -2.01. The normalized spacial score (nSPS) is 10.2. The molecule has 0 atom stereocenters. The number of methoxy groups -OCH3 is 2.